The summed E-state index contributed by atoms with van der Waals surface area (Å²) in [5, 5.41) is 0. The molecule has 0 radical (unpaired) electrons. The Balaban J connectivity index is 6.16. The topological polar surface area (TPSA) is 151 Å². The maximum Gasteiger partial charge on any atom is 0.330 e. The van der Waals surface area contributed by atoms with Crippen LogP contribution in [-0.2, 0) is 61.8 Å². The lowest BCUT2D eigenvalue weighted by Gasteiger charge is -2.37. The number of ketones is 1. The molecule has 0 aromatic rings. The van der Waals surface area contributed by atoms with E-state index in [4.69, 9.17) is 42.6 Å². The van der Waals surface area contributed by atoms with E-state index in [0.717, 1.165) is 37.5 Å². The van der Waals surface area contributed by atoms with Crippen LogP contribution < -0.4 is 0 Å². The molecule has 0 amide bonds. The summed E-state index contributed by atoms with van der Waals surface area (Å²) in [7, 11) is 0. The molecule has 1 atom stereocenters. The lowest BCUT2D eigenvalue weighted by molar-refractivity contribution is -0.146. The molecule has 0 heterocycles. The molecule has 0 spiro atoms. The molecule has 300 valence electrons. The number of carbonyl (C=O) groups excluding carboxylic acids is 4. The smallest absolute Gasteiger partial charge is 0.330 e. The maximum absolute atomic E-state index is 11.7. The Morgan fingerprint density at radius 3 is 1.28 bits per heavy atom. The van der Waals surface area contributed by atoms with Crippen LogP contribution in [0.15, 0.2) is 75.9 Å². The van der Waals surface area contributed by atoms with Crippen molar-refractivity contribution < 1.29 is 61.8 Å². The van der Waals surface area contributed by atoms with Gasteiger partial charge >= 0.3 is 17.9 Å². The zero-order valence-corrected chi connectivity index (χ0v) is 31.6. The van der Waals surface area contributed by atoms with Crippen molar-refractivity contribution in [3.63, 3.8) is 0 Å². The Kier molecular flexibility index (Phi) is 30.6. The van der Waals surface area contributed by atoms with Gasteiger partial charge in [0.1, 0.15) is 19.8 Å². The minimum Gasteiger partial charge on any atom is -0.460 e. The van der Waals surface area contributed by atoms with Crippen LogP contribution in [0.3, 0.4) is 0 Å². The Morgan fingerprint density at radius 1 is 0.415 bits per heavy atom. The predicted molar refractivity (Wildman–Crippen MR) is 201 cm³/mol. The number of rotatable bonds is 39. The van der Waals surface area contributed by atoms with Gasteiger partial charge in [-0.15, -0.1) is 13.2 Å². The molecule has 0 aromatic heterocycles. The number of hydrogen-bond donors (Lipinski definition) is 0. The first kappa shape index (κ1) is 49.3. The van der Waals surface area contributed by atoms with Gasteiger partial charge in [0.15, 0.2) is 5.78 Å². The molecule has 53 heavy (non-hydrogen) atoms. The Hall–Kier alpha value is -3.72. The first-order chi connectivity index (χ1) is 25.6. The minimum atomic E-state index is -0.805. The van der Waals surface area contributed by atoms with Crippen molar-refractivity contribution >= 4 is 23.7 Å². The van der Waals surface area contributed by atoms with Crippen molar-refractivity contribution in [1.29, 1.82) is 0 Å². The summed E-state index contributed by atoms with van der Waals surface area (Å²) in [5.74, 6) is -1.72. The van der Waals surface area contributed by atoms with Gasteiger partial charge in [0.2, 0.25) is 0 Å². The summed E-state index contributed by atoms with van der Waals surface area (Å²) in [6.07, 6.45) is 12.8. The highest BCUT2D eigenvalue weighted by molar-refractivity contribution is 5.88. The second-order valence-corrected chi connectivity index (χ2v) is 12.3. The van der Waals surface area contributed by atoms with Crippen LogP contribution in [0.2, 0.25) is 0 Å². The fourth-order valence-electron chi connectivity index (χ4n) is 4.71. The molecular formula is C40H62O13. The van der Waals surface area contributed by atoms with Crippen LogP contribution in [0.1, 0.15) is 44.9 Å². The summed E-state index contributed by atoms with van der Waals surface area (Å²) in [6, 6.07) is 0. The third-order valence-corrected chi connectivity index (χ3v) is 7.54. The quantitative estimate of drug-likeness (QED) is 0.0270. The summed E-state index contributed by atoms with van der Waals surface area (Å²) in [6.45, 7) is 23.8. The first-order valence-corrected chi connectivity index (χ1v) is 17.9. The van der Waals surface area contributed by atoms with Crippen molar-refractivity contribution in [3.05, 3.63) is 75.9 Å². The number of hydrogen-bond acceptors (Lipinski definition) is 13. The molecule has 13 nitrogen and oxygen atoms in total. The molecule has 0 saturated heterocycles. The molecule has 0 aliphatic heterocycles. The van der Waals surface area contributed by atoms with Crippen LogP contribution in [0, 0.1) is 10.8 Å². The van der Waals surface area contributed by atoms with E-state index in [0.29, 0.717) is 38.9 Å². The summed E-state index contributed by atoms with van der Waals surface area (Å²) in [4.78, 5) is 46.4. The standard InChI is InChI=1S/C40H62O13/c1-7-13-15-16-19-39(28-47-22-25-51-36(42)10-4,29-48-23-26-52-37(43)11-5)30-50-34-40(31-45-20-14-8-2,32-46-21-17-18-35(41)9-3)33-49-24-27-53-38(44)12-6/h7-12H,1-6,13-34H2. The Bertz CT molecular complexity index is 956. The zero-order valence-electron chi connectivity index (χ0n) is 31.6. The molecule has 0 aromatic carbocycles. The van der Waals surface area contributed by atoms with Gasteiger partial charge in [-0.1, -0.05) is 44.9 Å². The van der Waals surface area contributed by atoms with Gasteiger partial charge in [-0.3, -0.25) is 4.79 Å². The van der Waals surface area contributed by atoms with E-state index in [1.165, 1.54) is 6.08 Å². The van der Waals surface area contributed by atoms with Gasteiger partial charge in [0.05, 0.1) is 78.1 Å². The van der Waals surface area contributed by atoms with E-state index in [9.17, 15) is 19.2 Å². The number of carbonyl (C=O) groups is 4. The Labute approximate surface area is 316 Å². The second kappa shape index (κ2) is 32.9. The van der Waals surface area contributed by atoms with E-state index >= 15 is 0 Å². The first-order valence-electron chi connectivity index (χ1n) is 17.9. The van der Waals surface area contributed by atoms with E-state index in [-0.39, 0.29) is 91.7 Å². The lowest BCUT2D eigenvalue weighted by Crippen LogP contribution is -2.44. The molecule has 0 rings (SSSR count). The highest BCUT2D eigenvalue weighted by Crippen LogP contribution is 2.30. The molecule has 0 bridgehead atoms. The molecule has 0 aliphatic carbocycles. The number of allylic oxidation sites excluding steroid dienone is 2. The van der Waals surface area contributed by atoms with Crippen molar-refractivity contribution in [2.75, 3.05) is 99.1 Å². The van der Waals surface area contributed by atoms with Crippen molar-refractivity contribution in [2.45, 2.75) is 44.9 Å². The monoisotopic (exact) mass is 750 g/mol. The van der Waals surface area contributed by atoms with Crippen molar-refractivity contribution in [1.82, 2.24) is 0 Å². The van der Waals surface area contributed by atoms with Crippen molar-refractivity contribution in [2.24, 2.45) is 10.8 Å². The lowest BCUT2D eigenvalue weighted by atomic mass is 9.84. The number of esters is 3. The largest absolute Gasteiger partial charge is 0.460 e. The molecule has 0 aliphatic rings. The van der Waals surface area contributed by atoms with Gasteiger partial charge in [-0.05, 0) is 38.2 Å². The summed E-state index contributed by atoms with van der Waals surface area (Å²) < 4.78 is 51.9. The fraction of sp³-hybridized carbons (Fsp3) is 0.600. The summed E-state index contributed by atoms with van der Waals surface area (Å²) >= 11 is 0. The van der Waals surface area contributed by atoms with Gasteiger partial charge < -0.3 is 42.6 Å². The van der Waals surface area contributed by atoms with Crippen LogP contribution in [0.5, 0.6) is 0 Å². The SMILES string of the molecule is C=CCCCCC(COCCOC(=O)C=C)(COCCOC(=O)C=C)COCC(COCCC=C)(COCCCC(=O)C=C)COCCOC(=O)C=C. The van der Waals surface area contributed by atoms with Gasteiger partial charge in [0.25, 0.3) is 0 Å². The molecule has 0 N–H and O–H groups in total. The Morgan fingerprint density at radius 2 is 0.830 bits per heavy atom. The third kappa shape index (κ3) is 26.7. The highest BCUT2D eigenvalue weighted by Gasteiger charge is 2.36. The highest BCUT2D eigenvalue weighted by atomic mass is 16.6. The summed E-state index contributed by atoms with van der Waals surface area (Å²) in [5.41, 5.74) is -1.46. The van der Waals surface area contributed by atoms with Gasteiger partial charge in [0, 0.05) is 36.7 Å². The third-order valence-electron chi connectivity index (χ3n) is 7.54. The van der Waals surface area contributed by atoms with E-state index < -0.39 is 28.7 Å². The molecule has 1 unspecified atom stereocenters. The van der Waals surface area contributed by atoms with Crippen LogP contribution in [0.25, 0.3) is 0 Å². The average Bonchev–Trinajstić information content (AvgIpc) is 3.16. The molecular weight excluding hydrogens is 688 g/mol. The predicted octanol–water partition coefficient (Wildman–Crippen LogP) is 5.10. The van der Waals surface area contributed by atoms with Crippen LogP contribution >= 0.6 is 0 Å². The number of unbranched alkanes of at least 4 members (excludes halogenated alkanes) is 2. The van der Waals surface area contributed by atoms with Crippen molar-refractivity contribution in [3.8, 4) is 0 Å². The minimum absolute atomic E-state index is 0.0242. The number of ether oxygens (including phenoxy) is 9. The zero-order chi connectivity index (χ0) is 39.5. The van der Waals surface area contributed by atoms with Gasteiger partial charge in [-0.25, -0.2) is 14.4 Å². The van der Waals surface area contributed by atoms with Gasteiger partial charge in [-0.2, -0.15) is 0 Å². The normalized spacial score (nSPS) is 12.2. The molecule has 0 saturated carbocycles. The van der Waals surface area contributed by atoms with Crippen LogP contribution in [-0.4, -0.2) is 123 Å². The van der Waals surface area contributed by atoms with E-state index in [1.54, 1.807) is 6.08 Å². The van der Waals surface area contributed by atoms with Crippen LogP contribution in [0.4, 0.5) is 0 Å². The van der Waals surface area contributed by atoms with E-state index in [1.807, 2.05) is 6.08 Å². The molecule has 0 fully saturated rings. The maximum atomic E-state index is 11.7. The molecule has 13 heteroatoms. The fourth-order valence-corrected chi connectivity index (χ4v) is 4.71. The average molecular weight is 751 g/mol. The second-order valence-electron chi connectivity index (χ2n) is 12.3. The van der Waals surface area contributed by atoms with E-state index in [2.05, 4.69) is 39.5 Å².